The minimum atomic E-state index is -3.98. The Morgan fingerprint density at radius 3 is 2.07 bits per heavy atom. The lowest BCUT2D eigenvalue weighted by Crippen LogP contribution is -2.67. The van der Waals surface area contributed by atoms with E-state index in [-0.39, 0.29) is 6.04 Å². The molecule has 2 aromatic rings. The molecular formula is C22H25Cl2NO3S. The van der Waals surface area contributed by atoms with Crippen molar-refractivity contribution in [2.24, 2.45) is 0 Å². The first-order chi connectivity index (χ1) is 13.4. The van der Waals surface area contributed by atoms with Crippen molar-refractivity contribution in [1.82, 2.24) is 4.90 Å². The highest BCUT2D eigenvalue weighted by atomic mass is 35.5. The number of halogens is 2. The molecule has 1 heterocycles. The first-order valence-corrected chi connectivity index (χ1v) is 11.7. The SMILES string of the molecule is CC(C)N1C(=O)C(C)(C)S(=O)(=O)[C@](C)(c2cccc(Cl)c2)[C@@H]1c1ccc(Cl)cc1. The quantitative estimate of drug-likeness (QED) is 0.625. The molecule has 3 rings (SSSR count). The predicted molar refractivity (Wildman–Crippen MR) is 118 cm³/mol. The number of rotatable bonds is 3. The zero-order valence-electron chi connectivity index (χ0n) is 17.1. The van der Waals surface area contributed by atoms with Crippen LogP contribution in [0.1, 0.15) is 51.8 Å². The third-order valence-electron chi connectivity index (χ3n) is 5.92. The molecule has 0 unspecified atom stereocenters. The van der Waals surface area contributed by atoms with Crippen LogP contribution in [0.15, 0.2) is 48.5 Å². The zero-order valence-corrected chi connectivity index (χ0v) is 19.4. The second kappa shape index (κ2) is 7.29. The molecular weight excluding hydrogens is 429 g/mol. The average molecular weight is 454 g/mol. The summed E-state index contributed by atoms with van der Waals surface area (Å²) in [6.07, 6.45) is 0. The maximum atomic E-state index is 14.0. The molecule has 7 heteroatoms. The highest BCUT2D eigenvalue weighted by Crippen LogP contribution is 2.54. The van der Waals surface area contributed by atoms with E-state index in [4.69, 9.17) is 23.2 Å². The van der Waals surface area contributed by atoms with Gasteiger partial charge in [0.2, 0.25) is 5.91 Å². The summed E-state index contributed by atoms with van der Waals surface area (Å²) in [4.78, 5) is 15.1. The van der Waals surface area contributed by atoms with Crippen LogP contribution in [0.4, 0.5) is 0 Å². The van der Waals surface area contributed by atoms with E-state index in [2.05, 4.69) is 0 Å². The number of benzene rings is 2. The van der Waals surface area contributed by atoms with Crippen LogP contribution in [0.25, 0.3) is 0 Å². The van der Waals surface area contributed by atoms with Crippen molar-refractivity contribution in [3.05, 3.63) is 69.7 Å². The van der Waals surface area contributed by atoms with E-state index >= 15 is 0 Å². The van der Waals surface area contributed by atoms with Gasteiger partial charge in [0.15, 0.2) is 9.84 Å². The molecule has 1 amide bonds. The maximum Gasteiger partial charge on any atom is 0.244 e. The van der Waals surface area contributed by atoms with Crippen LogP contribution in [0.2, 0.25) is 10.0 Å². The van der Waals surface area contributed by atoms with Crippen molar-refractivity contribution in [2.45, 2.75) is 56.2 Å². The number of carbonyl (C=O) groups excluding carboxylic acids is 1. The fourth-order valence-electron chi connectivity index (χ4n) is 4.25. The Kier molecular flexibility index (Phi) is 5.57. The lowest BCUT2D eigenvalue weighted by Gasteiger charge is -2.54. The summed E-state index contributed by atoms with van der Waals surface area (Å²) in [5, 5.41) is 0.985. The normalized spacial score (nSPS) is 26.0. The molecule has 0 N–H and O–H groups in total. The summed E-state index contributed by atoms with van der Waals surface area (Å²) < 4.78 is 25.0. The van der Waals surface area contributed by atoms with Crippen molar-refractivity contribution >= 4 is 38.9 Å². The Labute approximate surface area is 182 Å². The average Bonchev–Trinajstić information content (AvgIpc) is 2.64. The highest BCUT2D eigenvalue weighted by molar-refractivity contribution is 7.94. The van der Waals surface area contributed by atoms with Crippen LogP contribution in [0.3, 0.4) is 0 Å². The van der Waals surface area contributed by atoms with E-state index in [1.165, 1.54) is 13.8 Å². The molecule has 0 radical (unpaired) electrons. The van der Waals surface area contributed by atoms with Crippen LogP contribution in [0, 0.1) is 0 Å². The van der Waals surface area contributed by atoms with E-state index in [0.29, 0.717) is 21.2 Å². The Morgan fingerprint density at radius 2 is 1.55 bits per heavy atom. The number of amides is 1. The number of carbonyl (C=O) groups is 1. The second-order valence-corrected chi connectivity index (χ2v) is 12.1. The smallest absolute Gasteiger partial charge is 0.244 e. The summed E-state index contributed by atoms with van der Waals surface area (Å²) in [6.45, 7) is 8.46. The van der Waals surface area contributed by atoms with Gasteiger partial charge in [0.05, 0.1) is 6.04 Å². The van der Waals surface area contributed by atoms with Gasteiger partial charge in [-0.15, -0.1) is 0 Å². The van der Waals surface area contributed by atoms with Gasteiger partial charge in [0.1, 0.15) is 9.49 Å². The molecule has 1 aliphatic heterocycles. The molecule has 2 aromatic carbocycles. The Hall–Kier alpha value is -1.56. The molecule has 0 saturated carbocycles. The summed E-state index contributed by atoms with van der Waals surface area (Å²) in [5.41, 5.74) is 1.26. The van der Waals surface area contributed by atoms with E-state index in [1.807, 2.05) is 13.8 Å². The molecule has 0 spiro atoms. The molecule has 156 valence electrons. The molecule has 2 atom stereocenters. The third kappa shape index (κ3) is 3.18. The van der Waals surface area contributed by atoms with Crippen LogP contribution < -0.4 is 0 Å². The number of hydrogen-bond donors (Lipinski definition) is 0. The minimum Gasteiger partial charge on any atom is -0.330 e. The van der Waals surface area contributed by atoms with E-state index in [9.17, 15) is 13.2 Å². The minimum absolute atomic E-state index is 0.212. The van der Waals surface area contributed by atoms with E-state index in [1.54, 1.807) is 60.4 Å². The van der Waals surface area contributed by atoms with Crippen molar-refractivity contribution in [3.63, 3.8) is 0 Å². The number of hydrogen-bond acceptors (Lipinski definition) is 3. The molecule has 4 nitrogen and oxygen atoms in total. The molecule has 1 saturated heterocycles. The zero-order chi connectivity index (χ0) is 21.8. The second-order valence-electron chi connectivity index (χ2n) is 8.39. The first kappa shape index (κ1) is 22.1. The van der Waals surface area contributed by atoms with Crippen LogP contribution >= 0.6 is 23.2 Å². The molecule has 0 bridgehead atoms. The Morgan fingerprint density at radius 1 is 0.966 bits per heavy atom. The lowest BCUT2D eigenvalue weighted by atomic mass is 9.84. The van der Waals surface area contributed by atoms with Gasteiger partial charge in [-0.05, 0) is 70.0 Å². The molecule has 1 fully saturated rings. The van der Waals surface area contributed by atoms with E-state index in [0.717, 1.165) is 0 Å². The van der Waals surface area contributed by atoms with Gasteiger partial charge in [-0.3, -0.25) is 4.79 Å². The third-order valence-corrected chi connectivity index (χ3v) is 9.50. The highest BCUT2D eigenvalue weighted by Gasteiger charge is 2.65. The van der Waals surface area contributed by atoms with Crippen LogP contribution in [-0.4, -0.2) is 30.0 Å². The van der Waals surface area contributed by atoms with E-state index < -0.39 is 31.3 Å². The van der Waals surface area contributed by atoms with Crippen molar-refractivity contribution in [3.8, 4) is 0 Å². The predicted octanol–water partition coefficient (Wildman–Crippen LogP) is 5.39. The number of sulfone groups is 1. The standard InChI is InChI=1S/C22H25Cl2NO3S/c1-14(2)25-19(15-9-11-17(23)12-10-15)22(5,16-7-6-8-18(24)13-16)29(27,28)21(3,4)20(25)26/h6-14,19H,1-5H3/t19-,22+/m0/s1. The maximum absolute atomic E-state index is 14.0. The molecule has 1 aliphatic rings. The molecule has 0 aliphatic carbocycles. The fourth-order valence-corrected chi connectivity index (χ4v) is 6.94. The van der Waals surface area contributed by atoms with Gasteiger partial charge in [0, 0.05) is 16.1 Å². The van der Waals surface area contributed by atoms with Crippen LogP contribution in [-0.2, 0) is 19.4 Å². The van der Waals surface area contributed by atoms with Crippen molar-refractivity contribution in [2.75, 3.05) is 0 Å². The van der Waals surface area contributed by atoms with Gasteiger partial charge in [0.25, 0.3) is 0 Å². The van der Waals surface area contributed by atoms with Crippen molar-refractivity contribution < 1.29 is 13.2 Å². The van der Waals surface area contributed by atoms with Gasteiger partial charge >= 0.3 is 0 Å². The number of nitrogens with zero attached hydrogens (tertiary/aromatic N) is 1. The fraction of sp³-hybridized carbons (Fsp3) is 0.409. The van der Waals surface area contributed by atoms with Crippen molar-refractivity contribution in [1.29, 1.82) is 0 Å². The summed E-state index contributed by atoms with van der Waals surface area (Å²) >= 11 is 12.3. The summed E-state index contributed by atoms with van der Waals surface area (Å²) in [5.74, 6) is -0.410. The van der Waals surface area contributed by atoms with Gasteiger partial charge in [-0.1, -0.05) is 47.5 Å². The lowest BCUT2D eigenvalue weighted by molar-refractivity contribution is -0.140. The Bertz CT molecular complexity index is 1050. The molecule has 29 heavy (non-hydrogen) atoms. The van der Waals surface area contributed by atoms with Gasteiger partial charge < -0.3 is 4.90 Å². The topological polar surface area (TPSA) is 54.5 Å². The monoisotopic (exact) mass is 453 g/mol. The molecule has 0 aromatic heterocycles. The van der Waals surface area contributed by atoms with Gasteiger partial charge in [-0.25, -0.2) is 8.42 Å². The largest absolute Gasteiger partial charge is 0.330 e. The van der Waals surface area contributed by atoms with Crippen LogP contribution in [0.5, 0.6) is 0 Å². The first-order valence-electron chi connectivity index (χ1n) is 9.44. The Balaban J connectivity index is 2.43. The summed E-state index contributed by atoms with van der Waals surface area (Å²) in [7, 11) is -3.98. The summed E-state index contributed by atoms with van der Waals surface area (Å²) in [6, 6.07) is 12.9. The van der Waals surface area contributed by atoms with Gasteiger partial charge in [-0.2, -0.15) is 0 Å².